The number of benzene rings is 7. The fourth-order valence-electron chi connectivity index (χ4n) is 8.78. The largest absolute Gasteiger partial charge is 0.497 e. The number of ether oxygens (including phenoxy) is 2. The standard InChI is InChI=1S/C46H37N3O2/c1-26-24-29(47)16-22-33(26)42-40(27-12-18-31(50-2)19-13-27)45(49)41(28-14-20-32(51-3)21-15-28)44-43(42)36-23-17-30(48)25-39(36)46(44)37-10-6-4-8-34(37)35-9-5-7-11-38(35)46/h4-25H,47-49H2,1-3H3. The Morgan fingerprint density at radius 3 is 1.51 bits per heavy atom. The van der Waals surface area contributed by atoms with Crippen LogP contribution in [0.4, 0.5) is 17.1 Å². The van der Waals surface area contributed by atoms with Crippen LogP contribution >= 0.6 is 0 Å². The van der Waals surface area contributed by atoms with Crippen molar-refractivity contribution in [2.75, 3.05) is 31.4 Å². The third-order valence-corrected chi connectivity index (χ3v) is 10.9. The van der Waals surface area contributed by atoms with Crippen LogP contribution < -0.4 is 26.7 Å². The molecule has 2 aliphatic carbocycles. The Balaban J connectivity index is 1.56. The van der Waals surface area contributed by atoms with Gasteiger partial charge in [-0.2, -0.15) is 0 Å². The predicted octanol–water partition coefficient (Wildman–Crippen LogP) is 10.1. The van der Waals surface area contributed by atoms with Crippen LogP contribution in [0.1, 0.15) is 27.8 Å². The highest BCUT2D eigenvalue weighted by Crippen LogP contribution is 2.68. The topological polar surface area (TPSA) is 96.5 Å². The first-order valence-electron chi connectivity index (χ1n) is 17.1. The average molecular weight is 664 g/mol. The molecule has 0 saturated carbocycles. The van der Waals surface area contributed by atoms with Gasteiger partial charge in [-0.3, -0.25) is 0 Å². The number of hydrogen-bond acceptors (Lipinski definition) is 5. The van der Waals surface area contributed by atoms with Gasteiger partial charge in [-0.25, -0.2) is 0 Å². The van der Waals surface area contributed by atoms with E-state index in [0.29, 0.717) is 17.1 Å². The fourth-order valence-corrected chi connectivity index (χ4v) is 8.78. The summed E-state index contributed by atoms with van der Waals surface area (Å²) in [7, 11) is 3.37. The van der Waals surface area contributed by atoms with E-state index in [1.54, 1.807) is 14.2 Å². The summed E-state index contributed by atoms with van der Waals surface area (Å²) in [5.41, 5.74) is 38.8. The summed E-state index contributed by atoms with van der Waals surface area (Å²) in [5, 5.41) is 0. The minimum absolute atomic E-state index is 0.692. The number of nitrogens with two attached hydrogens (primary N) is 3. The zero-order valence-corrected chi connectivity index (χ0v) is 28.8. The number of methoxy groups -OCH3 is 2. The minimum Gasteiger partial charge on any atom is -0.497 e. The first kappa shape index (κ1) is 30.6. The second-order valence-corrected chi connectivity index (χ2v) is 13.5. The van der Waals surface area contributed by atoms with Crippen molar-refractivity contribution in [1.82, 2.24) is 0 Å². The summed E-state index contributed by atoms with van der Waals surface area (Å²) in [6, 6.07) is 46.5. The first-order valence-corrected chi connectivity index (χ1v) is 17.1. The third-order valence-electron chi connectivity index (χ3n) is 10.9. The number of aryl methyl sites for hydroxylation is 1. The molecule has 0 aromatic heterocycles. The smallest absolute Gasteiger partial charge is 0.118 e. The van der Waals surface area contributed by atoms with Crippen molar-refractivity contribution in [3.8, 4) is 67.1 Å². The van der Waals surface area contributed by atoms with Gasteiger partial charge in [0.1, 0.15) is 11.5 Å². The summed E-state index contributed by atoms with van der Waals surface area (Å²) >= 11 is 0. The van der Waals surface area contributed by atoms with E-state index in [9.17, 15) is 0 Å². The van der Waals surface area contributed by atoms with Crippen molar-refractivity contribution in [3.63, 3.8) is 0 Å². The lowest BCUT2D eigenvalue weighted by atomic mass is 9.67. The fraction of sp³-hybridized carbons (Fsp3) is 0.0870. The Morgan fingerprint density at radius 2 is 0.961 bits per heavy atom. The van der Waals surface area contributed by atoms with Crippen LogP contribution in [0.2, 0.25) is 0 Å². The van der Waals surface area contributed by atoms with Crippen molar-refractivity contribution < 1.29 is 9.47 Å². The van der Waals surface area contributed by atoms with Crippen LogP contribution in [0, 0.1) is 6.92 Å². The van der Waals surface area contributed by atoms with E-state index < -0.39 is 5.41 Å². The van der Waals surface area contributed by atoms with Crippen LogP contribution in [0.3, 0.4) is 0 Å². The molecular formula is C46H37N3O2. The van der Waals surface area contributed by atoms with Crippen molar-refractivity contribution in [2.45, 2.75) is 12.3 Å². The van der Waals surface area contributed by atoms with E-state index in [-0.39, 0.29) is 0 Å². The Kier molecular flexibility index (Phi) is 6.77. The van der Waals surface area contributed by atoms with E-state index in [1.165, 1.54) is 22.3 Å². The van der Waals surface area contributed by atoms with Gasteiger partial charge in [-0.05, 0) is 122 Å². The molecule has 2 aliphatic rings. The number of anilines is 3. The zero-order chi connectivity index (χ0) is 35.0. The van der Waals surface area contributed by atoms with Crippen LogP contribution in [0.5, 0.6) is 11.5 Å². The molecule has 0 radical (unpaired) electrons. The molecule has 0 unspecified atom stereocenters. The van der Waals surface area contributed by atoms with Crippen molar-refractivity contribution in [2.24, 2.45) is 0 Å². The monoisotopic (exact) mass is 663 g/mol. The van der Waals surface area contributed by atoms with Crippen molar-refractivity contribution in [3.05, 3.63) is 161 Å². The van der Waals surface area contributed by atoms with Crippen LogP contribution in [-0.4, -0.2) is 14.2 Å². The van der Waals surface area contributed by atoms with Gasteiger partial charge in [-0.15, -0.1) is 0 Å². The van der Waals surface area contributed by atoms with Gasteiger partial charge < -0.3 is 26.7 Å². The van der Waals surface area contributed by atoms with E-state index >= 15 is 0 Å². The molecular weight excluding hydrogens is 627 g/mol. The molecule has 0 amide bonds. The highest BCUT2D eigenvalue weighted by Gasteiger charge is 2.54. The maximum absolute atomic E-state index is 7.72. The number of nitrogen functional groups attached to an aromatic ring is 3. The minimum atomic E-state index is -0.703. The normalized spacial score (nSPS) is 13.0. The van der Waals surface area contributed by atoms with E-state index in [1.807, 2.05) is 42.5 Å². The van der Waals surface area contributed by atoms with Gasteiger partial charge in [0, 0.05) is 33.8 Å². The average Bonchev–Trinajstić information content (AvgIpc) is 3.62. The Bertz CT molecular complexity index is 2490. The summed E-state index contributed by atoms with van der Waals surface area (Å²) in [6.07, 6.45) is 0. The Morgan fingerprint density at radius 1 is 0.451 bits per heavy atom. The van der Waals surface area contributed by atoms with E-state index in [2.05, 4.69) is 97.9 Å². The lowest BCUT2D eigenvalue weighted by Gasteiger charge is -2.34. The second kappa shape index (κ2) is 11.3. The maximum atomic E-state index is 7.72. The number of fused-ring (bicyclic) bond motifs is 10. The molecule has 0 heterocycles. The molecule has 6 N–H and O–H groups in total. The number of rotatable bonds is 5. The van der Waals surface area contributed by atoms with Gasteiger partial charge in [0.15, 0.2) is 0 Å². The molecule has 5 nitrogen and oxygen atoms in total. The predicted molar refractivity (Wildman–Crippen MR) is 210 cm³/mol. The summed E-state index contributed by atoms with van der Waals surface area (Å²) in [5.74, 6) is 1.55. The highest BCUT2D eigenvalue weighted by atomic mass is 16.5. The molecule has 5 heteroatoms. The molecule has 51 heavy (non-hydrogen) atoms. The number of hydrogen-bond donors (Lipinski definition) is 3. The molecule has 248 valence electrons. The lowest BCUT2D eigenvalue weighted by Crippen LogP contribution is -2.27. The van der Waals surface area contributed by atoms with Gasteiger partial charge in [0.25, 0.3) is 0 Å². The Labute approximate surface area is 297 Å². The van der Waals surface area contributed by atoms with Crippen molar-refractivity contribution in [1.29, 1.82) is 0 Å². The molecule has 0 saturated heterocycles. The van der Waals surface area contributed by atoms with Crippen molar-refractivity contribution >= 4 is 17.1 Å². The molecule has 0 bridgehead atoms. The molecule has 1 spiro atoms. The summed E-state index contributed by atoms with van der Waals surface area (Å²) in [6.45, 7) is 2.12. The quantitative estimate of drug-likeness (QED) is 0.159. The highest BCUT2D eigenvalue weighted by molar-refractivity contribution is 6.13. The molecule has 0 fully saturated rings. The van der Waals surface area contributed by atoms with Gasteiger partial charge in [-0.1, -0.05) is 84.9 Å². The zero-order valence-electron chi connectivity index (χ0n) is 28.8. The molecule has 7 aromatic rings. The van der Waals surface area contributed by atoms with Crippen LogP contribution in [-0.2, 0) is 5.41 Å². The van der Waals surface area contributed by atoms with Gasteiger partial charge >= 0.3 is 0 Å². The van der Waals surface area contributed by atoms with E-state index in [4.69, 9.17) is 26.7 Å². The first-order chi connectivity index (χ1) is 24.9. The third kappa shape index (κ3) is 4.21. The Hall–Kier alpha value is -6.46. The molecule has 0 aliphatic heterocycles. The second-order valence-electron chi connectivity index (χ2n) is 13.5. The molecule has 7 aromatic carbocycles. The molecule has 9 rings (SSSR count). The lowest BCUT2D eigenvalue weighted by molar-refractivity contribution is 0.415. The maximum Gasteiger partial charge on any atom is 0.118 e. The summed E-state index contributed by atoms with van der Waals surface area (Å²) in [4.78, 5) is 0. The van der Waals surface area contributed by atoms with E-state index in [0.717, 1.165) is 72.7 Å². The van der Waals surface area contributed by atoms with Gasteiger partial charge in [0.05, 0.1) is 19.6 Å². The van der Waals surface area contributed by atoms with Crippen LogP contribution in [0.15, 0.2) is 133 Å². The summed E-state index contributed by atoms with van der Waals surface area (Å²) < 4.78 is 11.2. The van der Waals surface area contributed by atoms with Crippen LogP contribution in [0.25, 0.3) is 55.6 Å². The van der Waals surface area contributed by atoms with Gasteiger partial charge in [0.2, 0.25) is 0 Å². The SMILES string of the molecule is COc1ccc(-c2c(N)c(-c3ccc(OC)cc3)c3c(c2-c2ccc(N)cc2C)-c2ccc(N)cc2C32c3ccccc3-c3ccccc32)cc1. The molecule has 0 atom stereocenters.